The van der Waals surface area contributed by atoms with E-state index in [2.05, 4.69) is 22.1 Å². The van der Waals surface area contributed by atoms with Crippen LogP contribution in [0.4, 0.5) is 0 Å². The lowest BCUT2D eigenvalue weighted by Crippen LogP contribution is -1.95. The molecule has 0 spiro atoms. The fraction of sp³-hybridized carbons (Fsp3) is 0. The van der Waals surface area contributed by atoms with E-state index in [0.717, 1.165) is 83.7 Å². The molecule has 54 heavy (non-hydrogen) atoms. The first-order valence-corrected chi connectivity index (χ1v) is 18.2. The number of hydrogen-bond acceptors (Lipinski definition) is 3. The van der Waals surface area contributed by atoms with E-state index in [0.29, 0.717) is 20.8 Å². The molecule has 0 atom stereocenters. The highest BCUT2D eigenvalue weighted by Gasteiger charge is 2.19. The molecule has 0 saturated carbocycles. The quantitative estimate of drug-likeness (QED) is 0.163. The molecule has 7 aromatic rings. The summed E-state index contributed by atoms with van der Waals surface area (Å²) in [7, 11) is 0. The molecule has 5 heterocycles. The molecule has 260 valence electrons. The fourth-order valence-corrected chi connectivity index (χ4v) is 7.43. The van der Waals surface area contributed by atoms with Gasteiger partial charge in [-0.25, -0.2) is 14.8 Å². The number of aromatic amines is 2. The van der Waals surface area contributed by atoms with Crippen molar-refractivity contribution in [3.63, 3.8) is 0 Å². The van der Waals surface area contributed by atoms with Crippen LogP contribution in [0, 0.1) is 0 Å². The third-order valence-electron chi connectivity index (χ3n) is 9.57. The zero-order valence-electron chi connectivity index (χ0n) is 28.2. The largest absolute Gasteiger partial charge is 0.478 e. The molecule has 0 unspecified atom stereocenters. The molecule has 0 radical (unpaired) electrons. The van der Waals surface area contributed by atoms with Gasteiger partial charge in [-0.3, -0.25) is 0 Å². The van der Waals surface area contributed by atoms with Gasteiger partial charge in [0.2, 0.25) is 0 Å². The maximum atomic E-state index is 11.8. The van der Waals surface area contributed by atoms with Gasteiger partial charge in [-0.15, -0.1) is 0 Å². The molecule has 9 rings (SSSR count). The van der Waals surface area contributed by atoms with E-state index in [-0.39, 0.29) is 5.56 Å². The molecule has 3 N–H and O–H groups in total. The SMILES string of the molecule is O=C(O)c1ccc(-c2c3nc(c(-c4ccc(Cl)cc4)c4ccc([nH]4)c(-c4ccc(Cl)cc4)c4nc(c(-c5ccc(Cl)cc5)c5ccc2[nH]5)C=C4)C=C3)cc1. The molecule has 8 bridgehead atoms. The van der Waals surface area contributed by atoms with Gasteiger partial charge in [0.15, 0.2) is 0 Å². The zero-order chi connectivity index (χ0) is 36.9. The van der Waals surface area contributed by atoms with E-state index in [9.17, 15) is 9.90 Å². The van der Waals surface area contributed by atoms with Crippen molar-refractivity contribution in [1.82, 2.24) is 19.9 Å². The molecule has 4 aromatic carbocycles. The van der Waals surface area contributed by atoms with E-state index >= 15 is 0 Å². The summed E-state index contributed by atoms with van der Waals surface area (Å²) in [6.45, 7) is 0. The highest BCUT2D eigenvalue weighted by atomic mass is 35.5. The Labute approximate surface area is 324 Å². The average Bonchev–Trinajstić information content (AvgIpc) is 4.02. The number of carboxylic acid groups (broad SMARTS) is 1. The van der Waals surface area contributed by atoms with Crippen LogP contribution in [0.15, 0.2) is 121 Å². The van der Waals surface area contributed by atoms with Gasteiger partial charge in [-0.2, -0.15) is 0 Å². The Morgan fingerprint density at radius 3 is 0.926 bits per heavy atom. The third-order valence-corrected chi connectivity index (χ3v) is 10.3. The second kappa shape index (κ2) is 13.7. The van der Waals surface area contributed by atoms with Crippen molar-refractivity contribution in [3.05, 3.63) is 165 Å². The Morgan fingerprint density at radius 1 is 0.407 bits per heavy atom. The number of halogens is 3. The van der Waals surface area contributed by atoms with Crippen LogP contribution in [0.2, 0.25) is 15.1 Å². The van der Waals surface area contributed by atoms with Gasteiger partial charge >= 0.3 is 5.97 Å². The normalized spacial score (nSPS) is 12.0. The summed E-state index contributed by atoms with van der Waals surface area (Å²) in [4.78, 5) is 29.8. The molecule has 0 fully saturated rings. The van der Waals surface area contributed by atoms with Gasteiger partial charge < -0.3 is 15.1 Å². The third kappa shape index (κ3) is 6.20. The summed E-state index contributed by atoms with van der Waals surface area (Å²) in [6, 6.07) is 38.2. The summed E-state index contributed by atoms with van der Waals surface area (Å²) in [5.41, 5.74) is 13.6. The predicted molar refractivity (Wildman–Crippen MR) is 223 cm³/mol. The number of nitrogens with one attached hydrogen (secondary N) is 2. The van der Waals surface area contributed by atoms with E-state index < -0.39 is 5.97 Å². The van der Waals surface area contributed by atoms with Gasteiger partial charge in [-0.05, 0) is 119 Å². The molecular formula is C45H27Cl3N4O2. The predicted octanol–water partition coefficient (Wildman–Crippen LogP) is 13.0. The van der Waals surface area contributed by atoms with Crippen LogP contribution in [-0.4, -0.2) is 31.0 Å². The Morgan fingerprint density at radius 2 is 0.667 bits per heavy atom. The van der Waals surface area contributed by atoms with Crippen LogP contribution >= 0.6 is 34.8 Å². The maximum Gasteiger partial charge on any atom is 0.335 e. The van der Waals surface area contributed by atoms with E-state index in [4.69, 9.17) is 44.8 Å². The zero-order valence-corrected chi connectivity index (χ0v) is 30.5. The Kier molecular flexibility index (Phi) is 8.51. The number of rotatable bonds is 5. The second-order valence-corrected chi connectivity index (χ2v) is 14.2. The first-order chi connectivity index (χ1) is 26.3. The fourth-order valence-electron chi connectivity index (χ4n) is 7.05. The standard InChI is InChI=1S/C45H27Cl3N4O2/c46-30-11-5-26(6-12-30)42-35-19-17-33(49-35)41(25-1-3-29(4-2-25)45(53)54)34-18-20-36(50-34)43(27-7-13-31(47)14-8-27)38-22-24-40(52-38)44(39-23-21-37(42)51-39)28-9-15-32(48)16-10-28/h1-24,49,52H,(H,53,54). The highest BCUT2D eigenvalue weighted by Crippen LogP contribution is 2.39. The number of H-pyrrole nitrogens is 2. The summed E-state index contributed by atoms with van der Waals surface area (Å²) in [6.07, 6.45) is 8.07. The lowest BCUT2D eigenvalue weighted by atomic mass is 10.0. The number of benzene rings is 4. The summed E-state index contributed by atoms with van der Waals surface area (Å²) in [5, 5.41) is 11.6. The number of nitrogens with zero attached hydrogens (tertiary/aromatic N) is 2. The minimum absolute atomic E-state index is 0.197. The van der Waals surface area contributed by atoms with Crippen molar-refractivity contribution in [2.45, 2.75) is 0 Å². The number of carboxylic acids is 1. The Hall–Kier alpha value is -6.18. The van der Waals surface area contributed by atoms with Crippen LogP contribution in [0.5, 0.6) is 0 Å². The monoisotopic (exact) mass is 760 g/mol. The molecule has 2 aliphatic heterocycles. The van der Waals surface area contributed by atoms with Crippen molar-refractivity contribution >= 4 is 87.1 Å². The van der Waals surface area contributed by atoms with E-state index in [1.54, 1.807) is 12.1 Å². The first kappa shape index (κ1) is 33.6. The lowest BCUT2D eigenvalue weighted by Gasteiger charge is -2.07. The minimum atomic E-state index is -0.992. The number of carbonyl (C=O) groups is 1. The van der Waals surface area contributed by atoms with Gasteiger partial charge in [0, 0.05) is 59.4 Å². The van der Waals surface area contributed by atoms with Crippen molar-refractivity contribution in [2.75, 3.05) is 0 Å². The van der Waals surface area contributed by atoms with Crippen LogP contribution in [-0.2, 0) is 0 Å². The van der Waals surface area contributed by atoms with Crippen LogP contribution in [0.1, 0.15) is 33.1 Å². The summed E-state index contributed by atoms with van der Waals surface area (Å²) >= 11 is 19.1. The number of aromatic nitrogens is 4. The molecule has 2 aliphatic rings. The van der Waals surface area contributed by atoms with Gasteiger partial charge in [0.05, 0.1) is 28.3 Å². The smallest absolute Gasteiger partial charge is 0.335 e. The Balaban J connectivity index is 1.45. The molecule has 0 saturated heterocycles. The lowest BCUT2D eigenvalue weighted by molar-refractivity contribution is 0.0697. The number of aromatic carboxylic acids is 1. The topological polar surface area (TPSA) is 94.7 Å². The van der Waals surface area contributed by atoms with Gasteiger partial charge in [0.1, 0.15) is 0 Å². The summed E-state index contributed by atoms with van der Waals surface area (Å²) in [5.74, 6) is -0.992. The molecule has 9 heteroatoms. The van der Waals surface area contributed by atoms with Crippen LogP contribution < -0.4 is 0 Å². The number of fused-ring (bicyclic) bond motifs is 8. The van der Waals surface area contributed by atoms with E-state index in [1.807, 2.05) is 121 Å². The van der Waals surface area contributed by atoms with Crippen molar-refractivity contribution in [2.24, 2.45) is 0 Å². The molecule has 0 aliphatic carbocycles. The maximum absolute atomic E-state index is 11.8. The van der Waals surface area contributed by atoms with Crippen molar-refractivity contribution in [1.29, 1.82) is 0 Å². The minimum Gasteiger partial charge on any atom is -0.478 e. The molecular weight excluding hydrogens is 735 g/mol. The van der Waals surface area contributed by atoms with Crippen molar-refractivity contribution in [3.8, 4) is 44.5 Å². The van der Waals surface area contributed by atoms with Gasteiger partial charge in [0.25, 0.3) is 0 Å². The molecule has 6 nitrogen and oxygen atoms in total. The van der Waals surface area contributed by atoms with Gasteiger partial charge in [-0.1, -0.05) is 83.3 Å². The first-order valence-electron chi connectivity index (χ1n) is 17.1. The van der Waals surface area contributed by atoms with Crippen LogP contribution in [0.25, 0.3) is 90.9 Å². The average molecular weight is 762 g/mol. The highest BCUT2D eigenvalue weighted by molar-refractivity contribution is 6.31. The molecule has 0 amide bonds. The van der Waals surface area contributed by atoms with E-state index in [1.165, 1.54) is 0 Å². The van der Waals surface area contributed by atoms with Crippen molar-refractivity contribution < 1.29 is 9.90 Å². The Bertz CT molecular complexity index is 2810. The second-order valence-electron chi connectivity index (χ2n) is 12.9. The number of hydrogen-bond donors (Lipinski definition) is 3. The van der Waals surface area contributed by atoms with Crippen LogP contribution in [0.3, 0.4) is 0 Å². The summed E-state index contributed by atoms with van der Waals surface area (Å²) < 4.78 is 0. The molecule has 3 aromatic heterocycles.